The summed E-state index contributed by atoms with van der Waals surface area (Å²) in [5, 5.41) is 0.752. The number of ether oxygens (including phenoxy) is 2. The van der Waals surface area contributed by atoms with E-state index in [2.05, 4.69) is 0 Å². The van der Waals surface area contributed by atoms with Crippen molar-refractivity contribution in [2.75, 3.05) is 6.61 Å². The number of rotatable bonds is 8. The zero-order chi connectivity index (χ0) is 21.0. The molecule has 0 unspecified atom stereocenters. The van der Waals surface area contributed by atoms with Crippen molar-refractivity contribution in [3.63, 3.8) is 0 Å². The highest BCUT2D eigenvalue weighted by atomic mass is 19.1. The molecule has 0 aliphatic rings. The van der Waals surface area contributed by atoms with E-state index in [9.17, 15) is 9.18 Å². The highest BCUT2D eigenvalue weighted by molar-refractivity contribution is 5.81. The Hall–Kier alpha value is -2.82. The Labute approximate surface area is 170 Å². The fourth-order valence-electron chi connectivity index (χ4n) is 3.42. The van der Waals surface area contributed by atoms with Crippen molar-refractivity contribution in [1.82, 2.24) is 0 Å². The van der Waals surface area contributed by atoms with Gasteiger partial charge in [-0.3, -0.25) is 4.79 Å². The standard InChI is InChI=1S/C24H27FO4/c1-5-21-13-18-11-20(25)12-19(24(18)29-21)14-28-22-9-7-17(15(3)16(22)4)8-10-23(26)27-6-2/h7,9,11-13H,5-6,8,10,14H2,1-4H3. The Morgan fingerprint density at radius 1 is 1.07 bits per heavy atom. The maximum absolute atomic E-state index is 14.0. The molecule has 29 heavy (non-hydrogen) atoms. The number of esters is 1. The molecule has 3 aromatic rings. The number of hydrogen-bond acceptors (Lipinski definition) is 4. The maximum Gasteiger partial charge on any atom is 0.306 e. The van der Waals surface area contributed by atoms with Crippen LogP contribution in [0.2, 0.25) is 0 Å². The molecule has 0 aliphatic heterocycles. The summed E-state index contributed by atoms with van der Waals surface area (Å²) in [6.45, 7) is 8.42. The summed E-state index contributed by atoms with van der Waals surface area (Å²) < 4.78 is 30.9. The molecule has 0 bridgehead atoms. The predicted molar refractivity (Wildman–Crippen MR) is 111 cm³/mol. The van der Waals surface area contributed by atoms with Gasteiger partial charge in [-0.25, -0.2) is 4.39 Å². The molecule has 0 N–H and O–H groups in total. The molecule has 4 nitrogen and oxygen atoms in total. The van der Waals surface area contributed by atoms with E-state index in [1.165, 1.54) is 12.1 Å². The first-order valence-electron chi connectivity index (χ1n) is 10.0. The van der Waals surface area contributed by atoms with Crippen LogP contribution in [-0.4, -0.2) is 12.6 Å². The lowest BCUT2D eigenvalue weighted by molar-refractivity contribution is -0.143. The van der Waals surface area contributed by atoms with Gasteiger partial charge >= 0.3 is 5.97 Å². The number of halogens is 1. The fraction of sp³-hybridized carbons (Fsp3) is 0.375. The van der Waals surface area contributed by atoms with Crippen molar-refractivity contribution in [2.45, 2.75) is 53.6 Å². The van der Waals surface area contributed by atoms with Gasteiger partial charge in [0.05, 0.1) is 6.61 Å². The molecule has 0 saturated heterocycles. The Bertz CT molecular complexity index is 1020. The normalized spacial score (nSPS) is 11.1. The summed E-state index contributed by atoms with van der Waals surface area (Å²) in [6, 6.07) is 8.69. The highest BCUT2D eigenvalue weighted by Crippen LogP contribution is 2.29. The third kappa shape index (κ3) is 4.78. The molecular weight excluding hydrogens is 371 g/mol. The van der Waals surface area contributed by atoms with E-state index in [1.54, 1.807) is 6.92 Å². The minimum absolute atomic E-state index is 0.190. The second-order valence-corrected chi connectivity index (χ2v) is 7.12. The van der Waals surface area contributed by atoms with E-state index in [-0.39, 0.29) is 18.4 Å². The van der Waals surface area contributed by atoms with E-state index in [0.29, 0.717) is 30.6 Å². The summed E-state index contributed by atoms with van der Waals surface area (Å²) in [7, 11) is 0. The van der Waals surface area contributed by atoms with E-state index >= 15 is 0 Å². The molecule has 154 valence electrons. The second-order valence-electron chi connectivity index (χ2n) is 7.12. The molecule has 0 amide bonds. The molecule has 0 radical (unpaired) electrons. The van der Waals surface area contributed by atoms with Crippen LogP contribution in [0.3, 0.4) is 0 Å². The van der Waals surface area contributed by atoms with Crippen LogP contribution in [0.1, 0.15) is 48.3 Å². The van der Waals surface area contributed by atoms with Crippen molar-refractivity contribution < 1.29 is 23.1 Å². The van der Waals surface area contributed by atoms with Gasteiger partial charge in [0.1, 0.15) is 29.5 Å². The van der Waals surface area contributed by atoms with Gasteiger partial charge in [0.2, 0.25) is 0 Å². The summed E-state index contributed by atoms with van der Waals surface area (Å²) in [5.41, 5.74) is 4.54. The fourth-order valence-corrected chi connectivity index (χ4v) is 3.42. The first-order valence-corrected chi connectivity index (χ1v) is 10.0. The molecule has 2 aromatic carbocycles. The van der Waals surface area contributed by atoms with Crippen LogP contribution in [0.15, 0.2) is 34.7 Å². The first-order chi connectivity index (χ1) is 13.9. The molecular formula is C24H27FO4. The van der Waals surface area contributed by atoms with Gasteiger partial charge in [-0.05, 0) is 68.1 Å². The number of furan rings is 1. The Morgan fingerprint density at radius 3 is 2.59 bits per heavy atom. The van der Waals surface area contributed by atoms with Crippen LogP contribution < -0.4 is 4.74 Å². The van der Waals surface area contributed by atoms with Gasteiger partial charge in [0.15, 0.2) is 0 Å². The van der Waals surface area contributed by atoms with Crippen LogP contribution in [0, 0.1) is 19.7 Å². The molecule has 3 rings (SSSR count). The van der Waals surface area contributed by atoms with Gasteiger partial charge < -0.3 is 13.9 Å². The van der Waals surface area contributed by atoms with Crippen LogP contribution in [-0.2, 0) is 29.0 Å². The predicted octanol–water partition coefficient (Wildman–Crippen LogP) is 5.83. The lowest BCUT2D eigenvalue weighted by atomic mass is 9.99. The lowest BCUT2D eigenvalue weighted by Crippen LogP contribution is -2.06. The number of benzene rings is 2. The van der Waals surface area contributed by atoms with Gasteiger partial charge in [-0.1, -0.05) is 13.0 Å². The topological polar surface area (TPSA) is 48.7 Å². The minimum atomic E-state index is -0.304. The molecule has 0 fully saturated rings. The van der Waals surface area contributed by atoms with Crippen molar-refractivity contribution in [3.05, 3.63) is 64.2 Å². The third-order valence-electron chi connectivity index (χ3n) is 5.19. The van der Waals surface area contributed by atoms with Crippen LogP contribution >= 0.6 is 0 Å². The van der Waals surface area contributed by atoms with Crippen LogP contribution in [0.4, 0.5) is 4.39 Å². The molecule has 5 heteroatoms. The van der Waals surface area contributed by atoms with Crippen molar-refractivity contribution in [1.29, 1.82) is 0 Å². The average molecular weight is 398 g/mol. The maximum atomic E-state index is 14.0. The number of carbonyl (C=O) groups is 1. The highest BCUT2D eigenvalue weighted by Gasteiger charge is 2.13. The number of carbonyl (C=O) groups excluding carboxylic acids is 1. The zero-order valence-electron chi connectivity index (χ0n) is 17.4. The van der Waals surface area contributed by atoms with E-state index < -0.39 is 0 Å². The minimum Gasteiger partial charge on any atom is -0.488 e. The first kappa shape index (κ1) is 20.9. The van der Waals surface area contributed by atoms with Crippen LogP contribution in [0.5, 0.6) is 5.75 Å². The molecule has 0 spiro atoms. The average Bonchev–Trinajstić information content (AvgIpc) is 3.11. The summed E-state index contributed by atoms with van der Waals surface area (Å²) in [5.74, 6) is 1.07. The van der Waals surface area contributed by atoms with E-state index in [1.807, 2.05) is 39.0 Å². The summed E-state index contributed by atoms with van der Waals surface area (Å²) in [6.07, 6.45) is 1.73. The van der Waals surface area contributed by atoms with E-state index in [0.717, 1.165) is 40.0 Å². The molecule has 1 aromatic heterocycles. The Kier molecular flexibility index (Phi) is 6.57. The van der Waals surface area contributed by atoms with Gasteiger partial charge in [0, 0.05) is 23.8 Å². The molecule has 1 heterocycles. The number of fused-ring (bicyclic) bond motifs is 1. The number of aryl methyl sites for hydroxylation is 2. The Balaban J connectivity index is 1.76. The zero-order valence-corrected chi connectivity index (χ0v) is 17.4. The van der Waals surface area contributed by atoms with Crippen molar-refractivity contribution in [2.24, 2.45) is 0 Å². The summed E-state index contributed by atoms with van der Waals surface area (Å²) >= 11 is 0. The van der Waals surface area contributed by atoms with Crippen LogP contribution in [0.25, 0.3) is 11.0 Å². The summed E-state index contributed by atoms with van der Waals surface area (Å²) in [4.78, 5) is 11.6. The van der Waals surface area contributed by atoms with Gasteiger partial charge in [-0.2, -0.15) is 0 Å². The monoisotopic (exact) mass is 398 g/mol. The number of hydrogen-bond donors (Lipinski definition) is 0. The quantitative estimate of drug-likeness (QED) is 0.448. The van der Waals surface area contributed by atoms with Gasteiger partial charge in [-0.15, -0.1) is 0 Å². The molecule has 0 aliphatic carbocycles. The SMILES string of the molecule is CCOC(=O)CCc1ccc(OCc2cc(F)cc3cc(CC)oc23)c(C)c1C. The van der Waals surface area contributed by atoms with Gasteiger partial charge in [0.25, 0.3) is 0 Å². The smallest absolute Gasteiger partial charge is 0.306 e. The lowest BCUT2D eigenvalue weighted by Gasteiger charge is -2.15. The third-order valence-corrected chi connectivity index (χ3v) is 5.19. The second kappa shape index (κ2) is 9.12. The molecule has 0 saturated carbocycles. The van der Waals surface area contributed by atoms with E-state index in [4.69, 9.17) is 13.9 Å². The Morgan fingerprint density at radius 2 is 1.86 bits per heavy atom. The largest absolute Gasteiger partial charge is 0.488 e. The van der Waals surface area contributed by atoms with Crippen molar-refractivity contribution >= 4 is 16.9 Å². The van der Waals surface area contributed by atoms with Crippen molar-refractivity contribution in [3.8, 4) is 5.75 Å². The molecule has 0 atom stereocenters.